The van der Waals surface area contributed by atoms with Gasteiger partial charge in [0.1, 0.15) is 0 Å². The standard InChI is InChI=1S/C17H19N5O.C2HF3O2/c1-13-7-19-16(20-8-13)21-6-4-17(10-21)11-22(12-17)15(23)14-3-2-5-18-9-14;3-2(4,5)1(6)7/h2-3,5,7-9H,4,6,10-12H2,1H3;(H,6,7). The van der Waals surface area contributed by atoms with Gasteiger partial charge in [0.15, 0.2) is 0 Å². The third-order valence-electron chi connectivity index (χ3n) is 4.98. The number of hydrogen-bond acceptors (Lipinski definition) is 6. The van der Waals surface area contributed by atoms with E-state index in [9.17, 15) is 18.0 Å². The Morgan fingerprint density at radius 1 is 1.13 bits per heavy atom. The van der Waals surface area contributed by atoms with E-state index in [1.807, 2.05) is 30.3 Å². The predicted octanol–water partition coefficient (Wildman–Crippen LogP) is 2.17. The number of halogens is 3. The molecule has 2 aliphatic rings. The first-order chi connectivity index (χ1) is 14.1. The van der Waals surface area contributed by atoms with Crippen molar-refractivity contribution in [2.45, 2.75) is 19.5 Å². The zero-order valence-electron chi connectivity index (χ0n) is 16.1. The van der Waals surface area contributed by atoms with E-state index in [-0.39, 0.29) is 11.3 Å². The van der Waals surface area contributed by atoms with Gasteiger partial charge in [-0.2, -0.15) is 13.2 Å². The summed E-state index contributed by atoms with van der Waals surface area (Å²) in [6.07, 6.45) is 3.03. The third-order valence-corrected chi connectivity index (χ3v) is 4.98. The number of pyridine rings is 1. The summed E-state index contributed by atoms with van der Waals surface area (Å²) in [6, 6.07) is 3.62. The summed E-state index contributed by atoms with van der Waals surface area (Å²) < 4.78 is 31.7. The highest BCUT2D eigenvalue weighted by Gasteiger charge is 2.49. The van der Waals surface area contributed by atoms with Crippen LogP contribution in [0.4, 0.5) is 19.1 Å². The number of carboxylic acid groups (broad SMARTS) is 1. The first-order valence-corrected chi connectivity index (χ1v) is 9.13. The summed E-state index contributed by atoms with van der Waals surface area (Å²) in [5.74, 6) is -1.88. The third kappa shape index (κ3) is 4.84. The van der Waals surface area contributed by atoms with Crippen LogP contribution in [0.15, 0.2) is 36.9 Å². The summed E-state index contributed by atoms with van der Waals surface area (Å²) in [5.41, 5.74) is 1.94. The van der Waals surface area contributed by atoms with Gasteiger partial charge in [0.25, 0.3) is 5.91 Å². The Morgan fingerprint density at radius 3 is 2.30 bits per heavy atom. The molecule has 8 nitrogen and oxygen atoms in total. The molecule has 2 aromatic heterocycles. The van der Waals surface area contributed by atoms with Crippen LogP contribution < -0.4 is 4.90 Å². The van der Waals surface area contributed by atoms with Crippen LogP contribution >= 0.6 is 0 Å². The van der Waals surface area contributed by atoms with Crippen LogP contribution in [-0.4, -0.2) is 69.2 Å². The van der Waals surface area contributed by atoms with Crippen molar-refractivity contribution in [3.8, 4) is 0 Å². The smallest absolute Gasteiger partial charge is 0.475 e. The first kappa shape index (κ1) is 21.5. The molecule has 4 rings (SSSR count). The van der Waals surface area contributed by atoms with E-state index < -0.39 is 12.1 Å². The van der Waals surface area contributed by atoms with E-state index in [4.69, 9.17) is 9.90 Å². The molecule has 0 aromatic carbocycles. The van der Waals surface area contributed by atoms with Gasteiger partial charge in [0.05, 0.1) is 5.56 Å². The number of aliphatic carboxylic acids is 1. The minimum atomic E-state index is -5.08. The number of hydrogen-bond donors (Lipinski definition) is 1. The fraction of sp³-hybridized carbons (Fsp3) is 0.421. The van der Waals surface area contributed by atoms with E-state index in [1.165, 1.54) is 0 Å². The molecule has 0 radical (unpaired) electrons. The van der Waals surface area contributed by atoms with Gasteiger partial charge in [0.2, 0.25) is 5.95 Å². The molecule has 160 valence electrons. The predicted molar refractivity (Wildman–Crippen MR) is 99.9 cm³/mol. The van der Waals surface area contributed by atoms with Crippen molar-refractivity contribution in [2.75, 3.05) is 31.1 Å². The van der Waals surface area contributed by atoms with Crippen LogP contribution in [-0.2, 0) is 4.79 Å². The Kier molecular flexibility index (Phi) is 5.90. The van der Waals surface area contributed by atoms with Gasteiger partial charge in [-0.15, -0.1) is 0 Å². The van der Waals surface area contributed by atoms with Crippen LogP contribution in [0, 0.1) is 12.3 Å². The quantitative estimate of drug-likeness (QED) is 0.790. The maximum Gasteiger partial charge on any atom is 0.490 e. The molecule has 0 bridgehead atoms. The number of alkyl halides is 3. The first-order valence-electron chi connectivity index (χ1n) is 9.13. The second-order valence-electron chi connectivity index (χ2n) is 7.44. The molecule has 2 aliphatic heterocycles. The lowest BCUT2D eigenvalue weighted by molar-refractivity contribution is -0.192. The summed E-state index contributed by atoms with van der Waals surface area (Å²) in [6.45, 7) is 5.49. The molecule has 0 aliphatic carbocycles. The molecular formula is C19H20F3N5O3. The number of amides is 1. The van der Waals surface area contributed by atoms with Crippen molar-refractivity contribution in [1.29, 1.82) is 0 Å². The van der Waals surface area contributed by atoms with Crippen molar-refractivity contribution in [1.82, 2.24) is 19.9 Å². The Labute approximate surface area is 170 Å². The zero-order valence-corrected chi connectivity index (χ0v) is 16.1. The molecule has 0 unspecified atom stereocenters. The second-order valence-corrected chi connectivity index (χ2v) is 7.44. The molecule has 1 N–H and O–H groups in total. The molecular weight excluding hydrogens is 403 g/mol. The van der Waals surface area contributed by atoms with Crippen LogP contribution in [0.3, 0.4) is 0 Å². The Hall–Kier alpha value is -3.24. The summed E-state index contributed by atoms with van der Waals surface area (Å²) in [4.78, 5) is 38.3. The van der Waals surface area contributed by atoms with E-state index in [1.54, 1.807) is 18.5 Å². The molecule has 1 spiro atoms. The van der Waals surface area contributed by atoms with Crippen molar-refractivity contribution >= 4 is 17.8 Å². The number of aromatic nitrogens is 3. The van der Waals surface area contributed by atoms with Crippen LogP contribution in [0.1, 0.15) is 22.3 Å². The fourth-order valence-corrected chi connectivity index (χ4v) is 3.49. The van der Waals surface area contributed by atoms with Gasteiger partial charge in [0, 0.05) is 56.4 Å². The van der Waals surface area contributed by atoms with Crippen molar-refractivity contribution in [3.05, 3.63) is 48.0 Å². The summed E-state index contributed by atoms with van der Waals surface area (Å²) >= 11 is 0. The minimum absolute atomic E-state index is 0.0776. The fourth-order valence-electron chi connectivity index (χ4n) is 3.49. The molecule has 1 amide bonds. The molecule has 2 aromatic rings. The Balaban J connectivity index is 0.000000318. The van der Waals surface area contributed by atoms with Gasteiger partial charge in [-0.1, -0.05) is 0 Å². The van der Waals surface area contributed by atoms with Gasteiger partial charge in [-0.05, 0) is 31.0 Å². The van der Waals surface area contributed by atoms with Crippen LogP contribution in [0.25, 0.3) is 0 Å². The molecule has 4 heterocycles. The van der Waals surface area contributed by atoms with Crippen molar-refractivity contribution in [3.63, 3.8) is 0 Å². The number of aryl methyl sites for hydroxylation is 1. The lowest BCUT2D eigenvalue weighted by atomic mass is 9.79. The highest BCUT2D eigenvalue weighted by atomic mass is 19.4. The molecule has 0 atom stereocenters. The summed E-state index contributed by atoms with van der Waals surface area (Å²) in [5, 5.41) is 7.12. The molecule has 30 heavy (non-hydrogen) atoms. The topological polar surface area (TPSA) is 99.5 Å². The number of anilines is 1. The summed E-state index contributed by atoms with van der Waals surface area (Å²) in [7, 11) is 0. The largest absolute Gasteiger partial charge is 0.490 e. The molecule has 2 saturated heterocycles. The maximum atomic E-state index is 12.4. The van der Waals surface area contributed by atoms with E-state index in [0.29, 0.717) is 5.56 Å². The van der Waals surface area contributed by atoms with Crippen molar-refractivity contribution in [2.24, 2.45) is 5.41 Å². The number of carbonyl (C=O) groups excluding carboxylic acids is 1. The Morgan fingerprint density at radius 2 is 1.77 bits per heavy atom. The molecule has 11 heteroatoms. The number of rotatable bonds is 2. The van der Waals surface area contributed by atoms with E-state index in [0.717, 1.165) is 44.1 Å². The highest BCUT2D eigenvalue weighted by Crippen LogP contribution is 2.40. The Bertz CT molecular complexity index is 900. The van der Waals surface area contributed by atoms with Gasteiger partial charge in [-0.3, -0.25) is 9.78 Å². The zero-order chi connectivity index (χ0) is 21.9. The second kappa shape index (κ2) is 8.25. The normalized spacial score (nSPS) is 17.2. The lowest BCUT2D eigenvalue weighted by Gasteiger charge is -2.47. The van der Waals surface area contributed by atoms with Crippen LogP contribution in [0.5, 0.6) is 0 Å². The average molecular weight is 423 g/mol. The van der Waals surface area contributed by atoms with Crippen LogP contribution in [0.2, 0.25) is 0 Å². The minimum Gasteiger partial charge on any atom is -0.475 e. The molecule has 0 saturated carbocycles. The van der Waals surface area contributed by atoms with E-state index >= 15 is 0 Å². The number of nitrogens with zero attached hydrogens (tertiary/aromatic N) is 5. The molecule has 2 fully saturated rings. The number of carboxylic acids is 1. The van der Waals surface area contributed by atoms with Crippen molar-refractivity contribution < 1.29 is 27.9 Å². The number of likely N-dealkylation sites (tertiary alicyclic amines) is 1. The average Bonchev–Trinajstić information content (AvgIpc) is 3.13. The SMILES string of the molecule is Cc1cnc(N2CCC3(CN(C(=O)c4cccnc4)C3)C2)nc1.O=C(O)C(F)(F)F. The van der Waals surface area contributed by atoms with Gasteiger partial charge >= 0.3 is 12.1 Å². The maximum absolute atomic E-state index is 12.4. The lowest BCUT2D eigenvalue weighted by Crippen LogP contribution is -2.59. The van der Waals surface area contributed by atoms with Gasteiger partial charge < -0.3 is 14.9 Å². The van der Waals surface area contributed by atoms with Gasteiger partial charge in [-0.25, -0.2) is 14.8 Å². The highest BCUT2D eigenvalue weighted by molar-refractivity contribution is 5.94. The number of carbonyl (C=O) groups is 2. The monoisotopic (exact) mass is 423 g/mol. The van der Waals surface area contributed by atoms with E-state index in [2.05, 4.69) is 19.9 Å².